The molecule has 1 rings (SSSR count). The van der Waals surface area contributed by atoms with Crippen LogP contribution in [0, 0.1) is 5.92 Å². The second-order valence-electron chi connectivity index (χ2n) is 4.88. The molecule has 102 valence electrons. The van der Waals surface area contributed by atoms with Crippen LogP contribution in [0.4, 0.5) is 0 Å². The molecular weight excluding hydrogens is 248 g/mol. The van der Waals surface area contributed by atoms with Crippen LogP contribution >= 0.6 is 0 Å². The van der Waals surface area contributed by atoms with Gasteiger partial charge in [0.15, 0.2) is 0 Å². The first-order chi connectivity index (χ1) is 8.45. The molecule has 0 aliphatic heterocycles. The Balaban J connectivity index is 2.71. The molecule has 1 aromatic rings. The average Bonchev–Trinajstić information content (AvgIpc) is 2.34. The SMILES string of the molecule is CCCCc1ccc(S(=O)(=O)OCC(C)C)cc1. The molecule has 3 nitrogen and oxygen atoms in total. The Kier molecular flexibility index (Phi) is 5.82. The molecule has 0 heterocycles. The second-order valence-corrected chi connectivity index (χ2v) is 6.50. The number of rotatable bonds is 7. The monoisotopic (exact) mass is 270 g/mol. The summed E-state index contributed by atoms with van der Waals surface area (Å²) in [5.74, 6) is 0.198. The van der Waals surface area contributed by atoms with Gasteiger partial charge in [0, 0.05) is 0 Å². The first kappa shape index (κ1) is 15.2. The first-order valence-electron chi connectivity index (χ1n) is 6.44. The molecule has 4 heteroatoms. The van der Waals surface area contributed by atoms with Crippen molar-refractivity contribution in [3.05, 3.63) is 29.8 Å². The normalized spacial score (nSPS) is 12.0. The number of benzene rings is 1. The van der Waals surface area contributed by atoms with Crippen LogP contribution in [0.15, 0.2) is 29.2 Å². The van der Waals surface area contributed by atoms with E-state index in [1.165, 1.54) is 5.56 Å². The minimum Gasteiger partial charge on any atom is -0.266 e. The van der Waals surface area contributed by atoms with Gasteiger partial charge in [-0.25, -0.2) is 0 Å². The molecule has 0 N–H and O–H groups in total. The van der Waals surface area contributed by atoms with E-state index >= 15 is 0 Å². The Morgan fingerprint density at radius 1 is 1.17 bits per heavy atom. The molecule has 0 bridgehead atoms. The number of unbranched alkanes of at least 4 members (excludes halogenated alkanes) is 1. The Labute approximate surface area is 110 Å². The van der Waals surface area contributed by atoms with E-state index in [2.05, 4.69) is 6.92 Å². The summed E-state index contributed by atoms with van der Waals surface area (Å²) in [5, 5.41) is 0. The fourth-order valence-electron chi connectivity index (χ4n) is 1.50. The van der Waals surface area contributed by atoms with E-state index in [1.807, 2.05) is 26.0 Å². The standard InChI is InChI=1S/C14H22O3S/c1-4-5-6-13-7-9-14(10-8-13)18(15,16)17-11-12(2)3/h7-10,12H,4-6,11H2,1-3H3. The summed E-state index contributed by atoms with van der Waals surface area (Å²) < 4.78 is 28.6. The zero-order valence-corrected chi connectivity index (χ0v) is 12.2. The van der Waals surface area contributed by atoms with Gasteiger partial charge in [0.2, 0.25) is 0 Å². The predicted molar refractivity (Wildman–Crippen MR) is 73.0 cm³/mol. The van der Waals surface area contributed by atoms with Crippen LogP contribution in [-0.4, -0.2) is 15.0 Å². The predicted octanol–water partition coefficient (Wildman–Crippen LogP) is 3.39. The highest BCUT2D eigenvalue weighted by atomic mass is 32.2. The second kappa shape index (κ2) is 6.90. The largest absolute Gasteiger partial charge is 0.296 e. The van der Waals surface area contributed by atoms with Gasteiger partial charge >= 0.3 is 0 Å². The molecule has 0 aliphatic carbocycles. The smallest absolute Gasteiger partial charge is 0.266 e. The quantitative estimate of drug-likeness (QED) is 0.713. The van der Waals surface area contributed by atoms with Crippen LogP contribution in [0.3, 0.4) is 0 Å². The van der Waals surface area contributed by atoms with Crippen LogP contribution in [0.5, 0.6) is 0 Å². The van der Waals surface area contributed by atoms with Crippen molar-refractivity contribution in [1.82, 2.24) is 0 Å². The van der Waals surface area contributed by atoms with Gasteiger partial charge in [0.1, 0.15) is 0 Å². The summed E-state index contributed by atoms with van der Waals surface area (Å²) in [7, 11) is -3.59. The maximum absolute atomic E-state index is 11.8. The number of hydrogen-bond acceptors (Lipinski definition) is 3. The van der Waals surface area contributed by atoms with Gasteiger partial charge in [-0.2, -0.15) is 8.42 Å². The van der Waals surface area contributed by atoms with Crippen LogP contribution < -0.4 is 0 Å². The summed E-state index contributed by atoms with van der Waals surface area (Å²) in [4.78, 5) is 0.239. The van der Waals surface area contributed by atoms with Gasteiger partial charge in [0.05, 0.1) is 11.5 Å². The Bertz CT molecular complexity index is 446. The van der Waals surface area contributed by atoms with Gasteiger partial charge < -0.3 is 0 Å². The van der Waals surface area contributed by atoms with Crippen molar-refractivity contribution in [3.8, 4) is 0 Å². The highest BCUT2D eigenvalue weighted by Gasteiger charge is 2.15. The minimum absolute atomic E-state index is 0.198. The summed E-state index contributed by atoms with van der Waals surface area (Å²) in [6.45, 7) is 6.20. The van der Waals surface area contributed by atoms with Crippen molar-refractivity contribution in [2.75, 3.05) is 6.61 Å². The number of aryl methyl sites for hydroxylation is 1. The molecule has 0 amide bonds. The fraction of sp³-hybridized carbons (Fsp3) is 0.571. The zero-order chi connectivity index (χ0) is 13.6. The molecule has 0 aromatic heterocycles. The van der Waals surface area contributed by atoms with Crippen molar-refractivity contribution >= 4 is 10.1 Å². The van der Waals surface area contributed by atoms with Crippen molar-refractivity contribution < 1.29 is 12.6 Å². The van der Waals surface area contributed by atoms with Gasteiger partial charge in [-0.05, 0) is 36.5 Å². The van der Waals surface area contributed by atoms with Gasteiger partial charge in [-0.3, -0.25) is 4.18 Å². The minimum atomic E-state index is -3.59. The van der Waals surface area contributed by atoms with E-state index < -0.39 is 10.1 Å². The maximum Gasteiger partial charge on any atom is 0.296 e. The third-order valence-electron chi connectivity index (χ3n) is 2.59. The lowest BCUT2D eigenvalue weighted by Gasteiger charge is -2.08. The molecule has 0 fully saturated rings. The maximum atomic E-state index is 11.8. The molecular formula is C14H22O3S. The first-order valence-corrected chi connectivity index (χ1v) is 7.85. The van der Waals surface area contributed by atoms with Crippen molar-refractivity contribution in [1.29, 1.82) is 0 Å². The molecule has 0 saturated carbocycles. The lowest BCUT2D eigenvalue weighted by Crippen LogP contribution is -2.11. The molecule has 18 heavy (non-hydrogen) atoms. The van der Waals surface area contributed by atoms with Crippen molar-refractivity contribution in [2.45, 2.75) is 44.9 Å². The van der Waals surface area contributed by atoms with Crippen LogP contribution in [-0.2, 0) is 20.7 Å². The van der Waals surface area contributed by atoms with E-state index in [9.17, 15) is 8.42 Å². The molecule has 0 spiro atoms. The van der Waals surface area contributed by atoms with Gasteiger partial charge in [-0.1, -0.05) is 39.3 Å². The van der Waals surface area contributed by atoms with E-state index in [4.69, 9.17) is 4.18 Å². The lowest BCUT2D eigenvalue weighted by molar-refractivity contribution is 0.275. The van der Waals surface area contributed by atoms with Gasteiger partial charge in [0.25, 0.3) is 10.1 Å². The summed E-state index contributed by atoms with van der Waals surface area (Å²) in [5.41, 5.74) is 1.17. The number of hydrogen-bond donors (Lipinski definition) is 0. The highest BCUT2D eigenvalue weighted by molar-refractivity contribution is 7.86. The Morgan fingerprint density at radius 2 is 1.78 bits per heavy atom. The molecule has 0 radical (unpaired) electrons. The zero-order valence-electron chi connectivity index (χ0n) is 11.3. The summed E-state index contributed by atoms with van der Waals surface area (Å²) >= 11 is 0. The Morgan fingerprint density at radius 3 is 2.28 bits per heavy atom. The summed E-state index contributed by atoms with van der Waals surface area (Å²) in [6.07, 6.45) is 3.25. The van der Waals surface area contributed by atoms with Crippen LogP contribution in [0.1, 0.15) is 39.2 Å². The average molecular weight is 270 g/mol. The molecule has 0 atom stereocenters. The Hall–Kier alpha value is -0.870. The third kappa shape index (κ3) is 4.78. The third-order valence-corrected chi connectivity index (χ3v) is 3.88. The summed E-state index contributed by atoms with van der Waals surface area (Å²) in [6, 6.07) is 6.98. The molecule has 1 aromatic carbocycles. The van der Waals surface area contributed by atoms with E-state index in [1.54, 1.807) is 12.1 Å². The molecule has 0 unspecified atom stereocenters. The van der Waals surface area contributed by atoms with Crippen LogP contribution in [0.2, 0.25) is 0 Å². The highest BCUT2D eigenvalue weighted by Crippen LogP contribution is 2.15. The van der Waals surface area contributed by atoms with Crippen LogP contribution in [0.25, 0.3) is 0 Å². The fourth-order valence-corrected chi connectivity index (χ4v) is 2.55. The van der Waals surface area contributed by atoms with E-state index in [-0.39, 0.29) is 17.4 Å². The van der Waals surface area contributed by atoms with Crippen molar-refractivity contribution in [3.63, 3.8) is 0 Å². The topological polar surface area (TPSA) is 43.4 Å². The van der Waals surface area contributed by atoms with Crippen molar-refractivity contribution in [2.24, 2.45) is 5.92 Å². The molecule has 0 aliphatic rings. The van der Waals surface area contributed by atoms with E-state index in [0.29, 0.717) is 0 Å². The van der Waals surface area contributed by atoms with Gasteiger partial charge in [-0.15, -0.1) is 0 Å². The van der Waals surface area contributed by atoms with E-state index in [0.717, 1.165) is 19.3 Å². The lowest BCUT2D eigenvalue weighted by atomic mass is 10.1. The molecule has 0 saturated heterocycles.